The molecule has 1 fully saturated rings. The molecule has 0 amide bonds. The van der Waals surface area contributed by atoms with E-state index < -0.39 is 5.97 Å². The Hall–Kier alpha value is -2.24. The van der Waals surface area contributed by atoms with Gasteiger partial charge in [0.05, 0.1) is 17.8 Å². The van der Waals surface area contributed by atoms with Crippen LogP contribution >= 0.6 is 0 Å². The molecule has 0 radical (unpaired) electrons. The van der Waals surface area contributed by atoms with Gasteiger partial charge in [0.2, 0.25) is 0 Å². The van der Waals surface area contributed by atoms with Gasteiger partial charge in [0, 0.05) is 19.6 Å². The van der Waals surface area contributed by atoms with E-state index in [1.54, 1.807) is 24.3 Å². The van der Waals surface area contributed by atoms with Crippen molar-refractivity contribution in [2.75, 3.05) is 13.1 Å². The number of hydrogen-bond acceptors (Lipinski definition) is 3. The van der Waals surface area contributed by atoms with Crippen LogP contribution in [0.2, 0.25) is 0 Å². The molecule has 0 saturated carbocycles. The number of aromatic carboxylic acids is 1. The molecule has 0 bridgehead atoms. The van der Waals surface area contributed by atoms with Gasteiger partial charge in [-0.2, -0.15) is 0 Å². The Bertz CT molecular complexity index is 700. The summed E-state index contributed by atoms with van der Waals surface area (Å²) >= 11 is 0. The summed E-state index contributed by atoms with van der Waals surface area (Å²) in [7, 11) is 0. The number of benzene rings is 2. The average Bonchev–Trinajstić information content (AvgIpc) is 2.55. The Morgan fingerprint density at radius 1 is 1.17 bits per heavy atom. The van der Waals surface area contributed by atoms with Crippen LogP contribution in [0.15, 0.2) is 48.5 Å². The number of carbonyl (C=O) groups is 1. The van der Waals surface area contributed by atoms with E-state index in [1.165, 1.54) is 12.1 Å². The fourth-order valence-electron chi connectivity index (χ4n) is 3.04. The van der Waals surface area contributed by atoms with Crippen molar-refractivity contribution >= 4 is 5.97 Å². The van der Waals surface area contributed by atoms with Crippen molar-refractivity contribution in [3.05, 3.63) is 71.0 Å². The van der Waals surface area contributed by atoms with Crippen LogP contribution in [0.25, 0.3) is 0 Å². The molecule has 1 aliphatic heterocycles. The number of halogens is 1. The van der Waals surface area contributed by atoms with E-state index in [0.29, 0.717) is 5.56 Å². The van der Waals surface area contributed by atoms with Crippen molar-refractivity contribution in [3.63, 3.8) is 0 Å². The molecule has 2 atom stereocenters. The zero-order chi connectivity index (χ0) is 17.1. The van der Waals surface area contributed by atoms with Gasteiger partial charge in [-0.3, -0.25) is 4.90 Å². The minimum Gasteiger partial charge on any atom is -0.478 e. The van der Waals surface area contributed by atoms with Gasteiger partial charge < -0.3 is 9.84 Å². The van der Waals surface area contributed by atoms with Crippen molar-refractivity contribution in [1.82, 2.24) is 4.90 Å². The lowest BCUT2D eigenvalue weighted by Crippen LogP contribution is -2.42. The van der Waals surface area contributed by atoms with Gasteiger partial charge in [0.1, 0.15) is 5.82 Å². The van der Waals surface area contributed by atoms with Crippen LogP contribution in [0.3, 0.4) is 0 Å². The first-order valence-corrected chi connectivity index (χ1v) is 7.97. The van der Waals surface area contributed by atoms with E-state index >= 15 is 0 Å². The summed E-state index contributed by atoms with van der Waals surface area (Å²) < 4.78 is 19.1. The maximum absolute atomic E-state index is 13.1. The highest BCUT2D eigenvalue weighted by atomic mass is 19.1. The molecule has 0 spiro atoms. The van der Waals surface area contributed by atoms with Crippen LogP contribution in [0, 0.1) is 5.82 Å². The molecule has 2 aromatic rings. The first-order valence-electron chi connectivity index (χ1n) is 7.97. The summed E-state index contributed by atoms with van der Waals surface area (Å²) in [6.45, 7) is 4.27. The summed E-state index contributed by atoms with van der Waals surface area (Å²) in [4.78, 5) is 13.2. The van der Waals surface area contributed by atoms with Crippen LogP contribution < -0.4 is 0 Å². The largest absolute Gasteiger partial charge is 0.478 e. The van der Waals surface area contributed by atoms with Crippen molar-refractivity contribution in [2.45, 2.75) is 25.7 Å². The lowest BCUT2D eigenvalue weighted by molar-refractivity contribution is -0.0814. The summed E-state index contributed by atoms with van der Waals surface area (Å²) in [6, 6.07) is 13.4. The number of nitrogens with zero attached hydrogens (tertiary/aromatic N) is 1. The molecule has 1 saturated heterocycles. The number of carboxylic acids is 1. The lowest BCUT2D eigenvalue weighted by Gasteiger charge is -2.37. The van der Waals surface area contributed by atoms with E-state index in [1.807, 2.05) is 19.1 Å². The average molecular weight is 329 g/mol. The fraction of sp³-hybridized carbons (Fsp3) is 0.316. The minimum atomic E-state index is -0.919. The maximum atomic E-state index is 13.1. The molecule has 1 aliphatic rings. The standard InChI is InChI=1S/C19H20FNO3/c1-13-10-21(11-14-2-4-16(5-3-14)19(22)23)12-18(24-13)15-6-8-17(20)9-7-15/h2-9,13,18H,10-12H2,1H3,(H,22,23). The normalized spacial score (nSPS) is 21.6. The smallest absolute Gasteiger partial charge is 0.335 e. The second-order valence-electron chi connectivity index (χ2n) is 6.18. The van der Waals surface area contributed by atoms with E-state index in [4.69, 9.17) is 9.84 Å². The zero-order valence-corrected chi connectivity index (χ0v) is 13.5. The van der Waals surface area contributed by atoms with Crippen LogP contribution in [0.5, 0.6) is 0 Å². The number of ether oxygens (including phenoxy) is 1. The van der Waals surface area contributed by atoms with Crippen molar-refractivity contribution < 1.29 is 19.0 Å². The second-order valence-corrected chi connectivity index (χ2v) is 6.18. The molecule has 126 valence electrons. The molecule has 0 aliphatic carbocycles. The van der Waals surface area contributed by atoms with Crippen molar-refractivity contribution in [1.29, 1.82) is 0 Å². The second kappa shape index (κ2) is 7.11. The van der Waals surface area contributed by atoms with Gasteiger partial charge in [-0.15, -0.1) is 0 Å². The Balaban J connectivity index is 1.69. The van der Waals surface area contributed by atoms with Crippen molar-refractivity contribution in [3.8, 4) is 0 Å². The van der Waals surface area contributed by atoms with Crippen LogP contribution in [0.4, 0.5) is 4.39 Å². The van der Waals surface area contributed by atoms with E-state index in [0.717, 1.165) is 30.8 Å². The summed E-state index contributed by atoms with van der Waals surface area (Å²) in [6.07, 6.45) is -0.0141. The highest BCUT2D eigenvalue weighted by molar-refractivity contribution is 5.87. The highest BCUT2D eigenvalue weighted by Gasteiger charge is 2.26. The Labute approximate surface area is 140 Å². The lowest BCUT2D eigenvalue weighted by atomic mass is 10.1. The monoisotopic (exact) mass is 329 g/mol. The maximum Gasteiger partial charge on any atom is 0.335 e. The molecule has 1 heterocycles. The van der Waals surface area contributed by atoms with Gasteiger partial charge in [-0.05, 0) is 42.3 Å². The van der Waals surface area contributed by atoms with Crippen molar-refractivity contribution in [2.24, 2.45) is 0 Å². The Morgan fingerprint density at radius 2 is 1.83 bits per heavy atom. The molecule has 4 nitrogen and oxygen atoms in total. The minimum absolute atomic E-state index is 0.0760. The molecule has 2 aromatic carbocycles. The van der Waals surface area contributed by atoms with Gasteiger partial charge >= 0.3 is 5.97 Å². The van der Waals surface area contributed by atoms with Crippen LogP contribution in [-0.4, -0.2) is 35.2 Å². The van der Waals surface area contributed by atoms with Gasteiger partial charge in [0.25, 0.3) is 0 Å². The third-order valence-electron chi connectivity index (χ3n) is 4.18. The van der Waals surface area contributed by atoms with Gasteiger partial charge in [-0.1, -0.05) is 24.3 Å². The molecule has 2 unspecified atom stereocenters. The van der Waals surface area contributed by atoms with Gasteiger partial charge in [-0.25, -0.2) is 9.18 Å². The van der Waals surface area contributed by atoms with E-state index in [9.17, 15) is 9.18 Å². The summed E-state index contributed by atoms with van der Waals surface area (Å²) in [5.41, 5.74) is 2.32. The molecule has 0 aromatic heterocycles. The number of morpholine rings is 1. The molecular weight excluding hydrogens is 309 g/mol. The van der Waals surface area contributed by atoms with Crippen LogP contribution in [-0.2, 0) is 11.3 Å². The first-order chi connectivity index (χ1) is 11.5. The predicted octanol–water partition coefficient (Wildman–Crippen LogP) is 3.49. The quantitative estimate of drug-likeness (QED) is 0.933. The number of carboxylic acid groups (broad SMARTS) is 1. The number of rotatable bonds is 4. The summed E-state index contributed by atoms with van der Waals surface area (Å²) in [5.74, 6) is -1.17. The zero-order valence-electron chi connectivity index (χ0n) is 13.5. The predicted molar refractivity (Wildman–Crippen MR) is 88.4 cm³/mol. The summed E-state index contributed by atoms with van der Waals surface area (Å²) in [5, 5.41) is 8.96. The Kier molecular flexibility index (Phi) is 4.92. The molecular formula is C19H20FNO3. The SMILES string of the molecule is CC1CN(Cc2ccc(C(=O)O)cc2)CC(c2ccc(F)cc2)O1. The molecule has 24 heavy (non-hydrogen) atoms. The first kappa shape index (κ1) is 16.6. The third-order valence-corrected chi connectivity index (χ3v) is 4.18. The Morgan fingerprint density at radius 3 is 2.46 bits per heavy atom. The van der Waals surface area contributed by atoms with Crippen LogP contribution in [0.1, 0.15) is 34.5 Å². The van der Waals surface area contributed by atoms with Gasteiger partial charge in [0.15, 0.2) is 0 Å². The molecule has 3 rings (SSSR count). The highest BCUT2D eigenvalue weighted by Crippen LogP contribution is 2.26. The molecule has 1 N–H and O–H groups in total. The topological polar surface area (TPSA) is 49.8 Å². The molecule has 5 heteroatoms. The third kappa shape index (κ3) is 3.99. The van der Waals surface area contributed by atoms with E-state index in [-0.39, 0.29) is 18.0 Å². The number of hydrogen-bond donors (Lipinski definition) is 1. The van der Waals surface area contributed by atoms with E-state index in [2.05, 4.69) is 4.90 Å². The fourth-order valence-corrected chi connectivity index (χ4v) is 3.04.